The molecule has 3 nitrogen and oxygen atoms in total. The highest BCUT2D eigenvalue weighted by Crippen LogP contribution is 2.49. The molecule has 24 heavy (non-hydrogen) atoms. The molecule has 4 aromatic carbocycles. The lowest BCUT2D eigenvalue weighted by Crippen LogP contribution is -2.12. The maximum atomic E-state index is 13.3. The van der Waals surface area contributed by atoms with Crippen LogP contribution in [0.1, 0.15) is 13.8 Å². The molecule has 0 bridgehead atoms. The molecule has 0 spiro atoms. The van der Waals surface area contributed by atoms with Crippen LogP contribution >= 0.6 is 7.60 Å². The van der Waals surface area contributed by atoms with E-state index in [1.54, 1.807) is 0 Å². The lowest BCUT2D eigenvalue weighted by molar-refractivity contribution is 0.230. The van der Waals surface area contributed by atoms with Crippen LogP contribution in [-0.2, 0) is 13.6 Å². The summed E-state index contributed by atoms with van der Waals surface area (Å²) in [4.78, 5) is 0. The maximum Gasteiger partial charge on any atom is 0.361 e. The summed E-state index contributed by atoms with van der Waals surface area (Å²) in [6, 6.07) is 18.5. The summed E-state index contributed by atoms with van der Waals surface area (Å²) < 4.78 is 24.5. The van der Waals surface area contributed by atoms with Crippen LogP contribution in [-0.4, -0.2) is 13.2 Å². The Morgan fingerprint density at radius 1 is 0.750 bits per heavy atom. The number of hydrogen-bond acceptors (Lipinski definition) is 3. The Kier molecular flexibility index (Phi) is 3.80. The second kappa shape index (κ2) is 5.86. The monoisotopic (exact) mass is 338 g/mol. The molecule has 0 atom stereocenters. The average Bonchev–Trinajstić information content (AvgIpc) is 2.60. The van der Waals surface area contributed by atoms with Gasteiger partial charge in [-0.25, -0.2) is 0 Å². The summed E-state index contributed by atoms with van der Waals surface area (Å²) in [6.45, 7) is 4.36. The van der Waals surface area contributed by atoms with Crippen LogP contribution < -0.4 is 5.30 Å². The second-order valence-electron chi connectivity index (χ2n) is 5.77. The van der Waals surface area contributed by atoms with Gasteiger partial charge in [-0.05, 0) is 52.2 Å². The first kappa shape index (κ1) is 15.6. The lowest BCUT2D eigenvalue weighted by atomic mass is 9.94. The van der Waals surface area contributed by atoms with Crippen molar-refractivity contribution in [1.29, 1.82) is 0 Å². The van der Waals surface area contributed by atoms with E-state index >= 15 is 0 Å². The molecule has 4 heteroatoms. The Morgan fingerprint density at radius 3 is 1.92 bits per heavy atom. The molecule has 0 amide bonds. The van der Waals surface area contributed by atoms with Gasteiger partial charge in [0.25, 0.3) is 0 Å². The fourth-order valence-corrected chi connectivity index (χ4v) is 5.25. The summed E-state index contributed by atoms with van der Waals surface area (Å²) in [7, 11) is -3.33. The van der Waals surface area contributed by atoms with Gasteiger partial charge in [0.1, 0.15) is 0 Å². The van der Waals surface area contributed by atoms with Crippen molar-refractivity contribution >= 4 is 45.2 Å². The van der Waals surface area contributed by atoms with Gasteiger partial charge in [0.05, 0.1) is 18.5 Å². The van der Waals surface area contributed by atoms with E-state index in [2.05, 4.69) is 36.4 Å². The fourth-order valence-electron chi connectivity index (χ4n) is 3.47. The molecule has 4 rings (SSSR count). The molecule has 0 N–H and O–H groups in total. The molecule has 0 radical (unpaired) electrons. The molecule has 0 heterocycles. The summed E-state index contributed by atoms with van der Waals surface area (Å²) in [5.74, 6) is 0. The van der Waals surface area contributed by atoms with Crippen molar-refractivity contribution < 1.29 is 13.6 Å². The smallest absolute Gasteiger partial charge is 0.305 e. The van der Waals surface area contributed by atoms with Gasteiger partial charge in [-0.1, -0.05) is 48.5 Å². The third-order valence-electron chi connectivity index (χ3n) is 4.40. The first-order chi connectivity index (χ1) is 11.7. The fraction of sp³-hybridized carbons (Fsp3) is 0.200. The van der Waals surface area contributed by atoms with Gasteiger partial charge in [0.15, 0.2) is 0 Å². The zero-order valence-corrected chi connectivity index (χ0v) is 14.7. The second-order valence-corrected chi connectivity index (χ2v) is 7.77. The van der Waals surface area contributed by atoms with Gasteiger partial charge in [-0.2, -0.15) is 0 Å². The topological polar surface area (TPSA) is 35.5 Å². The quantitative estimate of drug-likeness (QED) is 0.357. The average molecular weight is 338 g/mol. The third kappa shape index (κ3) is 2.24. The van der Waals surface area contributed by atoms with Gasteiger partial charge in [0, 0.05) is 0 Å². The van der Waals surface area contributed by atoms with Crippen molar-refractivity contribution in [3.8, 4) is 0 Å². The Morgan fingerprint density at radius 2 is 1.29 bits per heavy atom. The molecular formula is C20H19O3P. The van der Waals surface area contributed by atoms with Crippen LogP contribution in [0.5, 0.6) is 0 Å². The van der Waals surface area contributed by atoms with Crippen LogP contribution in [0, 0.1) is 0 Å². The zero-order chi connectivity index (χ0) is 16.7. The van der Waals surface area contributed by atoms with Crippen molar-refractivity contribution in [2.24, 2.45) is 0 Å². The first-order valence-corrected chi connectivity index (χ1v) is 9.78. The van der Waals surface area contributed by atoms with Gasteiger partial charge >= 0.3 is 7.60 Å². The molecule has 0 aliphatic rings. The maximum absolute atomic E-state index is 13.3. The summed E-state index contributed by atoms with van der Waals surface area (Å²) in [5.41, 5.74) is 0. The van der Waals surface area contributed by atoms with Gasteiger partial charge in [-0.15, -0.1) is 0 Å². The van der Waals surface area contributed by atoms with Crippen LogP contribution in [0.25, 0.3) is 32.3 Å². The highest BCUT2D eigenvalue weighted by molar-refractivity contribution is 7.62. The predicted octanol–water partition coefficient (Wildman–Crippen LogP) is 5.48. The molecule has 0 aliphatic carbocycles. The summed E-state index contributed by atoms with van der Waals surface area (Å²) in [6.07, 6.45) is 0. The Labute approximate surface area is 141 Å². The van der Waals surface area contributed by atoms with Gasteiger partial charge in [0.2, 0.25) is 0 Å². The van der Waals surface area contributed by atoms with E-state index < -0.39 is 7.60 Å². The Hall–Kier alpha value is -1.93. The molecule has 0 aliphatic heterocycles. The van der Waals surface area contributed by atoms with Crippen LogP contribution in [0.2, 0.25) is 0 Å². The largest absolute Gasteiger partial charge is 0.361 e. The number of benzene rings is 4. The molecule has 4 aromatic rings. The van der Waals surface area contributed by atoms with E-state index in [1.165, 1.54) is 16.2 Å². The van der Waals surface area contributed by atoms with E-state index in [1.807, 2.05) is 32.0 Å². The van der Waals surface area contributed by atoms with Crippen molar-refractivity contribution in [2.75, 3.05) is 13.2 Å². The molecule has 0 aromatic heterocycles. The Bertz CT molecular complexity index is 1040. The predicted molar refractivity (Wildman–Crippen MR) is 101 cm³/mol. The highest BCUT2D eigenvalue weighted by atomic mass is 31.2. The van der Waals surface area contributed by atoms with Crippen molar-refractivity contribution in [2.45, 2.75) is 13.8 Å². The van der Waals surface area contributed by atoms with E-state index in [9.17, 15) is 4.57 Å². The minimum Gasteiger partial charge on any atom is -0.305 e. The minimum atomic E-state index is -3.33. The van der Waals surface area contributed by atoms with Crippen molar-refractivity contribution in [1.82, 2.24) is 0 Å². The van der Waals surface area contributed by atoms with Gasteiger partial charge in [-0.3, -0.25) is 4.57 Å². The minimum absolute atomic E-state index is 0.346. The highest BCUT2D eigenvalue weighted by Gasteiger charge is 2.29. The first-order valence-electron chi connectivity index (χ1n) is 8.24. The van der Waals surface area contributed by atoms with E-state index in [0.29, 0.717) is 18.5 Å². The van der Waals surface area contributed by atoms with Gasteiger partial charge < -0.3 is 9.05 Å². The SMILES string of the molecule is CCOP(=O)(OCC)c1ccc2ccc3cccc4ccc1c2c34. The molecule has 0 saturated carbocycles. The molecule has 0 unspecified atom stereocenters. The van der Waals surface area contributed by atoms with E-state index in [-0.39, 0.29) is 0 Å². The summed E-state index contributed by atoms with van der Waals surface area (Å²) >= 11 is 0. The molecule has 0 saturated heterocycles. The normalized spacial score (nSPS) is 12.6. The van der Waals surface area contributed by atoms with E-state index in [0.717, 1.165) is 16.2 Å². The molecular weight excluding hydrogens is 319 g/mol. The number of hydrogen-bond donors (Lipinski definition) is 0. The lowest BCUT2D eigenvalue weighted by Gasteiger charge is -2.20. The Balaban J connectivity index is 2.13. The summed E-state index contributed by atoms with van der Waals surface area (Å²) in [5, 5.41) is 7.43. The zero-order valence-electron chi connectivity index (χ0n) is 13.8. The molecule has 0 fully saturated rings. The van der Waals surface area contributed by atoms with Crippen LogP contribution in [0.3, 0.4) is 0 Å². The van der Waals surface area contributed by atoms with Crippen molar-refractivity contribution in [3.63, 3.8) is 0 Å². The third-order valence-corrected chi connectivity index (χ3v) is 6.58. The van der Waals surface area contributed by atoms with Crippen LogP contribution in [0.4, 0.5) is 0 Å². The standard InChI is InChI=1S/C20H19O3P/c1-3-22-24(21,23-4-2)18-13-11-16-9-8-14-6-5-7-15-10-12-17(18)20(16)19(14)15/h5-13H,3-4H2,1-2H3. The van der Waals surface area contributed by atoms with E-state index in [4.69, 9.17) is 9.05 Å². The number of rotatable bonds is 5. The van der Waals surface area contributed by atoms with Crippen LogP contribution in [0.15, 0.2) is 54.6 Å². The van der Waals surface area contributed by atoms with Crippen molar-refractivity contribution in [3.05, 3.63) is 54.6 Å². The molecule has 122 valence electrons.